The summed E-state index contributed by atoms with van der Waals surface area (Å²) in [5, 5.41) is 9.52. The molecule has 1 N–H and O–H groups in total. The SMILES string of the molecule is CCN(C(=O)CCCOC)c1cc(O)ccc1C. The van der Waals surface area contributed by atoms with Crippen molar-refractivity contribution in [2.24, 2.45) is 0 Å². The van der Waals surface area contributed by atoms with Crippen molar-refractivity contribution in [3.05, 3.63) is 23.8 Å². The van der Waals surface area contributed by atoms with Crippen molar-refractivity contribution in [1.82, 2.24) is 0 Å². The highest BCUT2D eigenvalue weighted by molar-refractivity contribution is 5.94. The van der Waals surface area contributed by atoms with Gasteiger partial charge in [-0.3, -0.25) is 4.79 Å². The number of carbonyl (C=O) groups is 1. The van der Waals surface area contributed by atoms with Gasteiger partial charge in [0.15, 0.2) is 0 Å². The number of ether oxygens (including phenoxy) is 1. The maximum absolute atomic E-state index is 12.1. The highest BCUT2D eigenvalue weighted by Crippen LogP contribution is 2.25. The van der Waals surface area contributed by atoms with Gasteiger partial charge >= 0.3 is 0 Å². The zero-order valence-electron chi connectivity index (χ0n) is 11.3. The molecule has 4 heteroatoms. The molecule has 1 aromatic rings. The van der Waals surface area contributed by atoms with Crippen molar-refractivity contribution in [2.45, 2.75) is 26.7 Å². The van der Waals surface area contributed by atoms with Crippen molar-refractivity contribution in [2.75, 3.05) is 25.2 Å². The van der Waals surface area contributed by atoms with Crippen LogP contribution in [0.4, 0.5) is 5.69 Å². The van der Waals surface area contributed by atoms with E-state index in [1.54, 1.807) is 24.1 Å². The Morgan fingerprint density at radius 2 is 2.17 bits per heavy atom. The van der Waals surface area contributed by atoms with Crippen LogP contribution in [-0.4, -0.2) is 31.3 Å². The van der Waals surface area contributed by atoms with Crippen LogP contribution in [0.1, 0.15) is 25.3 Å². The standard InChI is InChI=1S/C14H21NO3/c1-4-15(14(17)6-5-9-18-3)13-10-12(16)8-7-11(13)2/h7-8,10,16H,4-6,9H2,1-3H3. The number of anilines is 1. The van der Waals surface area contributed by atoms with Crippen molar-refractivity contribution < 1.29 is 14.6 Å². The highest BCUT2D eigenvalue weighted by atomic mass is 16.5. The van der Waals surface area contributed by atoms with Crippen LogP contribution < -0.4 is 4.90 Å². The normalized spacial score (nSPS) is 10.4. The maximum atomic E-state index is 12.1. The van der Waals surface area contributed by atoms with Crippen LogP contribution >= 0.6 is 0 Å². The van der Waals surface area contributed by atoms with Gasteiger partial charge in [-0.1, -0.05) is 6.07 Å². The van der Waals surface area contributed by atoms with Gasteiger partial charge in [0.25, 0.3) is 0 Å². The van der Waals surface area contributed by atoms with E-state index in [-0.39, 0.29) is 11.7 Å². The fraction of sp³-hybridized carbons (Fsp3) is 0.500. The largest absolute Gasteiger partial charge is 0.508 e. The van der Waals surface area contributed by atoms with E-state index >= 15 is 0 Å². The molecule has 100 valence electrons. The summed E-state index contributed by atoms with van der Waals surface area (Å²) in [6.07, 6.45) is 1.17. The Hall–Kier alpha value is -1.55. The summed E-state index contributed by atoms with van der Waals surface area (Å²) >= 11 is 0. The molecule has 1 rings (SSSR count). The molecule has 0 aromatic heterocycles. The van der Waals surface area contributed by atoms with Crippen LogP contribution in [0.5, 0.6) is 5.75 Å². The number of aromatic hydroxyl groups is 1. The van der Waals surface area contributed by atoms with Gasteiger partial charge in [0.05, 0.1) is 5.69 Å². The molecule has 0 aliphatic rings. The molecule has 0 heterocycles. The minimum Gasteiger partial charge on any atom is -0.508 e. The summed E-state index contributed by atoms with van der Waals surface area (Å²) in [6.45, 7) is 5.04. The zero-order valence-corrected chi connectivity index (χ0v) is 11.3. The molecule has 0 bridgehead atoms. The summed E-state index contributed by atoms with van der Waals surface area (Å²) in [7, 11) is 1.63. The third-order valence-corrected chi connectivity index (χ3v) is 2.84. The zero-order chi connectivity index (χ0) is 13.5. The number of phenolic OH excluding ortho intramolecular Hbond substituents is 1. The third-order valence-electron chi connectivity index (χ3n) is 2.84. The molecule has 0 radical (unpaired) electrons. The summed E-state index contributed by atoms with van der Waals surface area (Å²) in [4.78, 5) is 13.8. The first-order valence-corrected chi connectivity index (χ1v) is 6.19. The molecule has 1 aromatic carbocycles. The number of benzene rings is 1. The molecule has 0 aliphatic heterocycles. The Kier molecular flexibility index (Phi) is 5.65. The number of phenols is 1. The monoisotopic (exact) mass is 251 g/mol. The summed E-state index contributed by atoms with van der Waals surface area (Å²) in [5.74, 6) is 0.238. The van der Waals surface area contributed by atoms with Crippen LogP contribution in [0.15, 0.2) is 18.2 Å². The number of amides is 1. The number of carbonyl (C=O) groups excluding carboxylic acids is 1. The topological polar surface area (TPSA) is 49.8 Å². The molecule has 0 aliphatic carbocycles. The molecular weight excluding hydrogens is 230 g/mol. The predicted molar refractivity (Wildman–Crippen MR) is 72.0 cm³/mol. The summed E-state index contributed by atoms with van der Waals surface area (Å²) in [5.41, 5.74) is 1.76. The lowest BCUT2D eigenvalue weighted by atomic mass is 10.1. The molecule has 0 spiro atoms. The van der Waals surface area contributed by atoms with Crippen molar-refractivity contribution in [1.29, 1.82) is 0 Å². The molecule has 1 amide bonds. The molecule has 4 nitrogen and oxygen atoms in total. The Morgan fingerprint density at radius 1 is 1.44 bits per heavy atom. The number of aryl methyl sites for hydroxylation is 1. The van der Waals surface area contributed by atoms with Gasteiger partial charge in [0.2, 0.25) is 5.91 Å². The van der Waals surface area contributed by atoms with Crippen molar-refractivity contribution >= 4 is 11.6 Å². The van der Waals surface area contributed by atoms with Crippen molar-refractivity contribution in [3.63, 3.8) is 0 Å². The number of methoxy groups -OCH3 is 1. The van der Waals surface area contributed by atoms with E-state index in [4.69, 9.17) is 4.74 Å². The minimum atomic E-state index is 0.0586. The van der Waals surface area contributed by atoms with Gasteiger partial charge in [0.1, 0.15) is 5.75 Å². The Morgan fingerprint density at radius 3 is 2.78 bits per heavy atom. The second-order valence-electron chi connectivity index (χ2n) is 4.21. The van der Waals surface area contributed by atoms with Crippen LogP contribution in [-0.2, 0) is 9.53 Å². The fourth-order valence-electron chi connectivity index (χ4n) is 1.87. The average molecular weight is 251 g/mol. The second-order valence-corrected chi connectivity index (χ2v) is 4.21. The van der Waals surface area contributed by atoms with E-state index in [2.05, 4.69) is 0 Å². The lowest BCUT2D eigenvalue weighted by Gasteiger charge is -2.23. The first-order valence-electron chi connectivity index (χ1n) is 6.19. The molecule has 0 unspecified atom stereocenters. The van der Waals surface area contributed by atoms with Crippen LogP contribution in [0.2, 0.25) is 0 Å². The number of hydrogen-bond acceptors (Lipinski definition) is 3. The predicted octanol–water partition coefficient (Wildman–Crippen LogP) is 2.48. The van der Waals surface area contributed by atoms with Gasteiger partial charge < -0.3 is 14.7 Å². The Balaban J connectivity index is 2.81. The quantitative estimate of drug-likeness (QED) is 0.790. The van der Waals surface area contributed by atoms with Crippen molar-refractivity contribution in [3.8, 4) is 5.75 Å². The highest BCUT2D eigenvalue weighted by Gasteiger charge is 2.15. The molecule has 0 atom stereocenters. The Bertz CT molecular complexity index is 404. The molecule has 18 heavy (non-hydrogen) atoms. The second kappa shape index (κ2) is 7.01. The van der Waals surface area contributed by atoms with E-state index in [1.165, 1.54) is 0 Å². The smallest absolute Gasteiger partial charge is 0.227 e. The van der Waals surface area contributed by atoms with Gasteiger partial charge in [-0.05, 0) is 31.9 Å². The van der Waals surface area contributed by atoms with Gasteiger partial charge in [-0.25, -0.2) is 0 Å². The first-order chi connectivity index (χ1) is 8.60. The summed E-state index contributed by atoms with van der Waals surface area (Å²) in [6, 6.07) is 5.07. The van der Waals surface area contributed by atoms with Gasteiger partial charge in [0, 0.05) is 32.7 Å². The fourth-order valence-corrected chi connectivity index (χ4v) is 1.87. The van der Waals surface area contributed by atoms with Crippen LogP contribution in [0.25, 0.3) is 0 Å². The molecule has 0 saturated carbocycles. The molecular formula is C14H21NO3. The molecule has 0 fully saturated rings. The van der Waals surface area contributed by atoms with Gasteiger partial charge in [-0.15, -0.1) is 0 Å². The average Bonchev–Trinajstić information content (AvgIpc) is 2.35. The molecule has 0 saturated heterocycles. The third kappa shape index (κ3) is 3.74. The van der Waals surface area contributed by atoms with E-state index in [1.807, 2.05) is 19.9 Å². The lowest BCUT2D eigenvalue weighted by Crippen LogP contribution is -2.31. The van der Waals surface area contributed by atoms with Crippen LogP contribution in [0, 0.1) is 6.92 Å². The van der Waals surface area contributed by atoms with E-state index in [0.717, 1.165) is 11.3 Å². The first kappa shape index (κ1) is 14.5. The number of hydrogen-bond donors (Lipinski definition) is 1. The number of rotatable bonds is 6. The minimum absolute atomic E-state index is 0.0586. The maximum Gasteiger partial charge on any atom is 0.227 e. The van der Waals surface area contributed by atoms with E-state index < -0.39 is 0 Å². The van der Waals surface area contributed by atoms with Crippen LogP contribution in [0.3, 0.4) is 0 Å². The lowest BCUT2D eigenvalue weighted by molar-refractivity contribution is -0.118. The van der Waals surface area contributed by atoms with E-state index in [9.17, 15) is 9.90 Å². The summed E-state index contributed by atoms with van der Waals surface area (Å²) < 4.78 is 4.94. The number of nitrogens with zero attached hydrogens (tertiary/aromatic N) is 1. The van der Waals surface area contributed by atoms with E-state index in [0.29, 0.717) is 26.0 Å². The Labute approximate surface area is 108 Å². The van der Waals surface area contributed by atoms with Gasteiger partial charge in [-0.2, -0.15) is 0 Å².